The van der Waals surface area contributed by atoms with Gasteiger partial charge in [0.05, 0.1) is 55.8 Å². The molecule has 1 saturated heterocycles. The highest BCUT2D eigenvalue weighted by Crippen LogP contribution is 2.34. The van der Waals surface area contributed by atoms with E-state index in [1.165, 1.54) is 47.8 Å². The van der Waals surface area contributed by atoms with Crippen molar-refractivity contribution in [3.8, 4) is 22.3 Å². The first-order valence-electron chi connectivity index (χ1n) is 30.4. The van der Waals surface area contributed by atoms with Gasteiger partial charge in [-0.15, -0.1) is 0 Å². The fourth-order valence-electron chi connectivity index (χ4n) is 9.99. The van der Waals surface area contributed by atoms with Crippen LogP contribution >= 0.6 is 23.5 Å². The Morgan fingerprint density at radius 2 is 1.00 bits per heavy atom. The Balaban J connectivity index is 0.837. The highest BCUT2D eigenvalue weighted by atomic mass is 32.2. The third-order valence-electron chi connectivity index (χ3n) is 15.1. The van der Waals surface area contributed by atoms with Crippen LogP contribution in [-0.4, -0.2) is 222 Å². The number of rotatable bonds is 38. The van der Waals surface area contributed by atoms with E-state index in [9.17, 15) is 84.3 Å². The molecule has 7 unspecified atom stereocenters. The maximum atomic E-state index is 13.0. The zero-order chi connectivity index (χ0) is 68.4. The second-order valence-electron chi connectivity index (χ2n) is 22.3. The van der Waals surface area contributed by atoms with E-state index in [2.05, 4.69) is 31.9 Å². The fourth-order valence-corrected chi connectivity index (χ4v) is 11.5. The summed E-state index contributed by atoms with van der Waals surface area (Å²) >= 11 is 2.81. The average molecular weight is 1340 g/mol. The van der Waals surface area contributed by atoms with Gasteiger partial charge in [0.2, 0.25) is 11.8 Å². The topological polar surface area (TPSA) is 418 Å². The van der Waals surface area contributed by atoms with Crippen molar-refractivity contribution in [3.05, 3.63) is 156 Å². The van der Waals surface area contributed by atoms with E-state index in [0.717, 1.165) is 36.1 Å². The lowest BCUT2D eigenvalue weighted by molar-refractivity contribution is -0.310. The molecule has 0 saturated carbocycles. The summed E-state index contributed by atoms with van der Waals surface area (Å²) in [5, 5.41) is 113. The Hall–Kier alpha value is -7.84. The van der Waals surface area contributed by atoms with Gasteiger partial charge in [0, 0.05) is 86.6 Å². The Kier molecular flexibility index (Phi) is 29.8. The molecule has 0 spiro atoms. The number of aliphatic carboxylic acids is 2. The first-order chi connectivity index (χ1) is 44.9. The van der Waals surface area contributed by atoms with Crippen LogP contribution in [0.3, 0.4) is 0 Å². The van der Waals surface area contributed by atoms with Crippen LogP contribution < -0.4 is 31.9 Å². The van der Waals surface area contributed by atoms with E-state index in [-0.39, 0.29) is 50.3 Å². The van der Waals surface area contributed by atoms with Crippen molar-refractivity contribution in [3.63, 3.8) is 0 Å². The molecular weight excluding hydrogens is 1260 g/mol. The van der Waals surface area contributed by atoms with Crippen LogP contribution in [0, 0.1) is 0 Å². The molecule has 28 heteroatoms. The molecule has 0 bridgehead atoms. The number of carbonyl (C=O) groups excluding carboxylic acids is 6. The van der Waals surface area contributed by atoms with Crippen LogP contribution in [0.5, 0.6) is 0 Å². The van der Waals surface area contributed by atoms with Gasteiger partial charge in [0.15, 0.2) is 0 Å². The molecule has 0 aromatic heterocycles. The maximum absolute atomic E-state index is 13.0. The molecule has 1 heterocycles. The molecule has 11 atom stereocenters. The van der Waals surface area contributed by atoms with Gasteiger partial charge in [-0.3, -0.25) is 28.8 Å². The Morgan fingerprint density at radius 3 is 1.45 bits per heavy atom. The highest BCUT2D eigenvalue weighted by Gasteiger charge is 2.56. The van der Waals surface area contributed by atoms with Crippen molar-refractivity contribution in [2.24, 2.45) is 0 Å². The maximum Gasteiger partial charge on any atom is 0.364 e. The number of carboxylic acids is 2. The van der Waals surface area contributed by atoms with E-state index in [0.29, 0.717) is 34.1 Å². The predicted molar refractivity (Wildman–Crippen MR) is 348 cm³/mol. The minimum absolute atomic E-state index is 0.186. The number of benzene rings is 5. The minimum Gasteiger partial charge on any atom is -0.477 e. The number of carboxylic acid groups (broad SMARTS) is 2. The third kappa shape index (κ3) is 23.0. The van der Waals surface area contributed by atoms with Crippen LogP contribution in [0.25, 0.3) is 22.3 Å². The van der Waals surface area contributed by atoms with Crippen LogP contribution in [0.1, 0.15) is 87.4 Å². The average Bonchev–Trinajstić information content (AvgIpc) is 0.777. The zero-order valence-electron chi connectivity index (χ0n) is 51.8. The molecule has 1 aliphatic rings. The smallest absolute Gasteiger partial charge is 0.364 e. The Labute approximate surface area is 551 Å². The lowest BCUT2D eigenvalue weighted by Crippen LogP contribution is -2.68. The number of aliphatic hydroxyl groups is 7. The molecule has 6 amide bonds. The van der Waals surface area contributed by atoms with E-state index < -0.39 is 146 Å². The number of ether oxygens (including phenoxy) is 3. The number of hydrogen-bond acceptors (Lipinski definition) is 20. The largest absolute Gasteiger partial charge is 0.477 e. The highest BCUT2D eigenvalue weighted by molar-refractivity contribution is 7.99. The summed E-state index contributed by atoms with van der Waals surface area (Å²) in [7, 11) is 0. The number of amides is 6. The number of nitrogens with one attached hydrogen (secondary N) is 6. The van der Waals surface area contributed by atoms with Crippen LogP contribution in [0.4, 0.5) is 0 Å². The quantitative estimate of drug-likeness (QED) is 0.0198. The van der Waals surface area contributed by atoms with E-state index in [4.69, 9.17) is 14.2 Å². The van der Waals surface area contributed by atoms with Crippen molar-refractivity contribution >= 4 is 70.9 Å². The Morgan fingerprint density at radius 1 is 0.564 bits per heavy atom. The molecule has 0 aliphatic carbocycles. The predicted octanol–water partition coefficient (Wildman–Crippen LogP) is 1.92. The standard InChI is InChI=1S/C66H82N6O20S2/c1-40(73)71-50(35-51(75)54(78)38-69-61(83)48-19-15-44(16-20-48)42-11-5-3-6-12-42)52(76)36-65(89,63(85)86)90-29-9-31-93-33-27-67-59(81)46-23-25-47(26-24-46)60(82)68-28-34-94-32-10-30-91-66(64(87)88)37-53(77)56(72-41(2)74)58(92-66)57(80)55(79)39-70-62(84)49-21-17-45(18-22-49)43-13-7-4-8-14-43/h3-8,11-26,50-58,75-80,89H,9-10,27-39H2,1-2H3,(H,67,81)(H,68,82)(H,69,83)(H,70,84)(H,71,73)(H,72,74)(H,85,86)(H,87,88)/t50?,51-,52?,53?,54-,55+,56?,57-,58?,65?,66?/m1/s1. The monoisotopic (exact) mass is 1340 g/mol. The van der Waals surface area contributed by atoms with Crippen LogP contribution in [-0.2, 0) is 33.4 Å². The molecular formula is C66H82N6O20S2. The molecule has 5 aromatic carbocycles. The molecule has 15 N–H and O–H groups in total. The van der Waals surface area contributed by atoms with E-state index in [1.807, 2.05) is 60.7 Å². The van der Waals surface area contributed by atoms with Crippen LogP contribution in [0.15, 0.2) is 133 Å². The lowest BCUT2D eigenvalue weighted by Gasteiger charge is -2.46. The molecule has 508 valence electrons. The van der Waals surface area contributed by atoms with Crippen molar-refractivity contribution in [2.75, 3.05) is 62.4 Å². The Bertz CT molecular complexity index is 3270. The van der Waals surface area contributed by atoms with Gasteiger partial charge in [-0.25, -0.2) is 9.59 Å². The van der Waals surface area contributed by atoms with Gasteiger partial charge in [0.1, 0.15) is 12.2 Å². The number of hydrogen-bond donors (Lipinski definition) is 15. The second kappa shape index (κ2) is 37.3. The van der Waals surface area contributed by atoms with Gasteiger partial charge in [-0.2, -0.15) is 23.5 Å². The minimum atomic E-state index is -2.91. The van der Waals surface area contributed by atoms with Gasteiger partial charge >= 0.3 is 11.9 Å². The van der Waals surface area contributed by atoms with Crippen molar-refractivity contribution < 1.29 is 98.5 Å². The number of aliphatic hydroxyl groups excluding tert-OH is 6. The molecule has 0 radical (unpaired) electrons. The second-order valence-corrected chi connectivity index (χ2v) is 24.7. The first kappa shape index (κ1) is 75.2. The number of thioether (sulfide) groups is 2. The van der Waals surface area contributed by atoms with Gasteiger partial charge in [-0.05, 0) is 102 Å². The molecule has 6 rings (SSSR count). The van der Waals surface area contributed by atoms with Crippen molar-refractivity contribution in [2.45, 2.75) is 112 Å². The first-order valence-corrected chi connectivity index (χ1v) is 32.7. The van der Waals surface area contributed by atoms with Crippen molar-refractivity contribution in [1.29, 1.82) is 0 Å². The summed E-state index contributed by atoms with van der Waals surface area (Å²) in [5.41, 5.74) is 4.79. The molecule has 5 aromatic rings. The molecule has 1 aliphatic heterocycles. The van der Waals surface area contributed by atoms with E-state index in [1.54, 1.807) is 48.5 Å². The number of carbonyl (C=O) groups is 8. The summed E-state index contributed by atoms with van der Waals surface area (Å²) in [6, 6.07) is 35.6. The van der Waals surface area contributed by atoms with Gasteiger partial charge < -0.3 is 92.1 Å². The van der Waals surface area contributed by atoms with Gasteiger partial charge in [-0.1, -0.05) is 84.9 Å². The van der Waals surface area contributed by atoms with E-state index >= 15 is 0 Å². The summed E-state index contributed by atoms with van der Waals surface area (Å²) in [4.78, 5) is 101. The summed E-state index contributed by atoms with van der Waals surface area (Å²) < 4.78 is 16.9. The summed E-state index contributed by atoms with van der Waals surface area (Å²) in [6.07, 6.45) is -13.5. The molecule has 94 heavy (non-hydrogen) atoms. The molecule has 1 fully saturated rings. The SMILES string of the molecule is CC(=O)NC(C[C@@H](O)[C@H](O)CNC(=O)c1ccc(-c2ccccc2)cc1)C(O)CC(O)(OCCCSCCNC(=O)c1ccc(C(=O)NCCSCCCOC2(C(=O)O)CC(O)C(NC(C)=O)C([C@H](O)[C@@H](O)CNC(=O)c3ccc(-c4ccccc4)cc3)O2)cc1)C(=O)O. The van der Waals surface area contributed by atoms with Gasteiger partial charge in [0.25, 0.3) is 35.2 Å². The van der Waals surface area contributed by atoms with Crippen molar-refractivity contribution in [1.82, 2.24) is 31.9 Å². The lowest BCUT2D eigenvalue weighted by atomic mass is 9.88. The normalized spacial score (nSPS) is 18.7. The fraction of sp³-hybridized carbons (Fsp3) is 0.424. The third-order valence-corrected chi connectivity index (χ3v) is 17.2. The van der Waals surface area contributed by atoms with Crippen LogP contribution in [0.2, 0.25) is 0 Å². The molecule has 26 nitrogen and oxygen atoms in total. The summed E-state index contributed by atoms with van der Waals surface area (Å²) in [6.45, 7) is 1.39. The zero-order valence-corrected chi connectivity index (χ0v) is 53.5. The summed E-state index contributed by atoms with van der Waals surface area (Å²) in [5.74, 6) is -10.3.